The summed E-state index contributed by atoms with van der Waals surface area (Å²) in [6, 6.07) is 4.02. The molecule has 0 unspecified atom stereocenters. The van der Waals surface area contributed by atoms with Crippen LogP contribution in [0.25, 0.3) is 0 Å². The van der Waals surface area contributed by atoms with Gasteiger partial charge in [-0.15, -0.1) is 0 Å². The molecule has 19 heavy (non-hydrogen) atoms. The quantitative estimate of drug-likeness (QED) is 0.890. The van der Waals surface area contributed by atoms with Crippen molar-refractivity contribution in [3.8, 4) is 0 Å². The molecule has 2 aromatic rings. The Kier molecular flexibility index (Phi) is 3.57. The summed E-state index contributed by atoms with van der Waals surface area (Å²) in [6.07, 6.45) is 0. The number of nitrogens with one attached hydrogen (secondary N) is 1. The molecule has 0 atom stereocenters. The van der Waals surface area contributed by atoms with E-state index in [1.54, 1.807) is 14.0 Å². The fraction of sp³-hybridized carbons (Fsp3) is 0.167. The Hall–Kier alpha value is -1.89. The molecule has 0 fully saturated rings. The molecule has 1 amide bonds. The molecule has 1 aromatic heterocycles. The van der Waals surface area contributed by atoms with Gasteiger partial charge in [0.25, 0.3) is 5.91 Å². The number of amides is 1. The molecule has 1 aromatic carbocycles. The number of aryl methyl sites for hydroxylation is 2. The maximum absolute atomic E-state index is 13.1. The second kappa shape index (κ2) is 5.00. The molecule has 0 aliphatic carbocycles. The number of nitrogen functional groups attached to an aromatic ring is 1. The topological polar surface area (TPSA) is 72.9 Å². The van der Waals surface area contributed by atoms with Crippen LogP contribution in [0.15, 0.2) is 22.7 Å². The summed E-state index contributed by atoms with van der Waals surface area (Å²) in [5, 5.41) is 6.75. The van der Waals surface area contributed by atoms with E-state index in [1.165, 1.54) is 22.9 Å². The van der Waals surface area contributed by atoms with E-state index in [9.17, 15) is 9.18 Å². The molecular weight excluding hydrogens is 315 g/mol. The number of anilines is 2. The number of carbonyl (C=O) groups excluding carboxylic acids is 1. The summed E-state index contributed by atoms with van der Waals surface area (Å²) in [4.78, 5) is 12.0. The Morgan fingerprint density at radius 3 is 2.74 bits per heavy atom. The third kappa shape index (κ3) is 2.60. The van der Waals surface area contributed by atoms with Gasteiger partial charge in [0.2, 0.25) is 0 Å². The van der Waals surface area contributed by atoms with Crippen molar-refractivity contribution >= 4 is 33.3 Å². The van der Waals surface area contributed by atoms with E-state index in [2.05, 4.69) is 26.3 Å². The molecule has 7 heteroatoms. The maximum Gasteiger partial charge on any atom is 0.256 e. The van der Waals surface area contributed by atoms with E-state index in [0.717, 1.165) is 0 Å². The summed E-state index contributed by atoms with van der Waals surface area (Å²) in [7, 11) is 1.68. The van der Waals surface area contributed by atoms with E-state index in [4.69, 9.17) is 5.73 Å². The zero-order valence-electron chi connectivity index (χ0n) is 10.4. The van der Waals surface area contributed by atoms with Crippen LogP contribution in [0.4, 0.5) is 15.9 Å². The standard InChI is InChI=1S/C12H12BrFN4O/c1-6-10(15)11(18(2)17-6)16-12(19)7-3-4-9(14)8(13)5-7/h3-5H,15H2,1-2H3,(H,16,19). The van der Waals surface area contributed by atoms with Gasteiger partial charge in [0.1, 0.15) is 5.82 Å². The number of hydrogen-bond donors (Lipinski definition) is 2. The number of carbonyl (C=O) groups is 1. The van der Waals surface area contributed by atoms with Crippen LogP contribution in [0.3, 0.4) is 0 Å². The smallest absolute Gasteiger partial charge is 0.256 e. The molecule has 5 nitrogen and oxygen atoms in total. The SMILES string of the molecule is Cc1nn(C)c(NC(=O)c2ccc(F)c(Br)c2)c1N. The second-order valence-electron chi connectivity index (χ2n) is 4.05. The number of hydrogen-bond acceptors (Lipinski definition) is 3. The van der Waals surface area contributed by atoms with Gasteiger partial charge in [-0.05, 0) is 41.1 Å². The third-order valence-electron chi connectivity index (χ3n) is 2.68. The van der Waals surface area contributed by atoms with Crippen molar-refractivity contribution in [3.63, 3.8) is 0 Å². The highest BCUT2D eigenvalue weighted by Gasteiger charge is 2.15. The minimum absolute atomic E-state index is 0.231. The van der Waals surface area contributed by atoms with Gasteiger partial charge in [-0.25, -0.2) is 4.39 Å². The highest BCUT2D eigenvalue weighted by atomic mass is 79.9. The van der Waals surface area contributed by atoms with Crippen molar-refractivity contribution in [2.24, 2.45) is 7.05 Å². The van der Waals surface area contributed by atoms with Crippen LogP contribution >= 0.6 is 15.9 Å². The normalized spacial score (nSPS) is 10.5. The van der Waals surface area contributed by atoms with Crippen LogP contribution in [0.2, 0.25) is 0 Å². The maximum atomic E-state index is 13.1. The zero-order chi connectivity index (χ0) is 14.2. The lowest BCUT2D eigenvalue weighted by atomic mass is 10.2. The van der Waals surface area contributed by atoms with Gasteiger partial charge in [0, 0.05) is 12.6 Å². The van der Waals surface area contributed by atoms with Gasteiger partial charge in [-0.2, -0.15) is 5.10 Å². The van der Waals surface area contributed by atoms with E-state index in [1.807, 2.05) is 0 Å². The summed E-state index contributed by atoms with van der Waals surface area (Å²) in [5.41, 5.74) is 7.19. The number of nitrogens with two attached hydrogens (primary N) is 1. The Morgan fingerprint density at radius 1 is 1.53 bits per heavy atom. The lowest BCUT2D eigenvalue weighted by molar-refractivity contribution is 0.102. The van der Waals surface area contributed by atoms with E-state index < -0.39 is 5.82 Å². The summed E-state index contributed by atoms with van der Waals surface area (Å²) >= 11 is 3.04. The number of benzene rings is 1. The van der Waals surface area contributed by atoms with Gasteiger partial charge in [0.05, 0.1) is 15.9 Å². The molecule has 100 valence electrons. The Bertz CT molecular complexity index is 653. The molecule has 0 saturated carbocycles. The lowest BCUT2D eigenvalue weighted by Gasteiger charge is -2.07. The average molecular weight is 327 g/mol. The molecule has 0 saturated heterocycles. The number of nitrogens with zero attached hydrogens (tertiary/aromatic N) is 2. The second-order valence-corrected chi connectivity index (χ2v) is 4.91. The van der Waals surface area contributed by atoms with Gasteiger partial charge >= 0.3 is 0 Å². The van der Waals surface area contributed by atoms with E-state index in [0.29, 0.717) is 22.8 Å². The number of halogens is 2. The van der Waals surface area contributed by atoms with Crippen molar-refractivity contribution in [2.45, 2.75) is 6.92 Å². The van der Waals surface area contributed by atoms with Crippen molar-refractivity contribution in [3.05, 3.63) is 39.7 Å². The first-order valence-electron chi connectivity index (χ1n) is 5.45. The van der Waals surface area contributed by atoms with Crippen LogP contribution < -0.4 is 11.1 Å². The molecule has 1 heterocycles. The fourth-order valence-electron chi connectivity index (χ4n) is 1.64. The Balaban J connectivity index is 2.28. The van der Waals surface area contributed by atoms with Gasteiger partial charge < -0.3 is 11.1 Å². The van der Waals surface area contributed by atoms with Crippen molar-refractivity contribution in [2.75, 3.05) is 11.1 Å². The third-order valence-corrected chi connectivity index (χ3v) is 3.29. The first kappa shape index (κ1) is 13.5. The molecule has 0 bridgehead atoms. The van der Waals surface area contributed by atoms with Crippen LogP contribution in [-0.2, 0) is 7.05 Å². The van der Waals surface area contributed by atoms with E-state index in [-0.39, 0.29) is 10.4 Å². The minimum atomic E-state index is -0.424. The lowest BCUT2D eigenvalue weighted by Crippen LogP contribution is -2.15. The fourth-order valence-corrected chi connectivity index (χ4v) is 2.02. The van der Waals surface area contributed by atoms with Crippen LogP contribution in [0.1, 0.15) is 16.1 Å². The van der Waals surface area contributed by atoms with Crippen LogP contribution in [-0.4, -0.2) is 15.7 Å². The van der Waals surface area contributed by atoms with Crippen LogP contribution in [0, 0.1) is 12.7 Å². The molecule has 0 aliphatic heterocycles. The largest absolute Gasteiger partial charge is 0.394 e. The summed E-state index contributed by atoms with van der Waals surface area (Å²) in [6.45, 7) is 1.75. The average Bonchev–Trinajstić information content (AvgIpc) is 2.59. The highest BCUT2D eigenvalue weighted by molar-refractivity contribution is 9.10. The molecule has 0 spiro atoms. The first-order valence-corrected chi connectivity index (χ1v) is 6.25. The van der Waals surface area contributed by atoms with Crippen molar-refractivity contribution in [1.29, 1.82) is 0 Å². The molecule has 0 radical (unpaired) electrons. The Labute approximate surface area is 117 Å². The molecule has 3 N–H and O–H groups in total. The minimum Gasteiger partial charge on any atom is -0.394 e. The van der Waals surface area contributed by atoms with Gasteiger partial charge in [-0.1, -0.05) is 0 Å². The zero-order valence-corrected chi connectivity index (χ0v) is 12.0. The van der Waals surface area contributed by atoms with Crippen molar-refractivity contribution in [1.82, 2.24) is 9.78 Å². The number of rotatable bonds is 2. The predicted octanol–water partition coefficient (Wildman–Crippen LogP) is 2.46. The highest BCUT2D eigenvalue weighted by Crippen LogP contribution is 2.22. The van der Waals surface area contributed by atoms with Gasteiger partial charge in [0.15, 0.2) is 5.82 Å². The summed E-state index contributed by atoms with van der Waals surface area (Å²) in [5.74, 6) is -0.384. The Morgan fingerprint density at radius 2 is 2.21 bits per heavy atom. The van der Waals surface area contributed by atoms with Gasteiger partial charge in [-0.3, -0.25) is 9.48 Å². The predicted molar refractivity (Wildman–Crippen MR) is 74.4 cm³/mol. The summed E-state index contributed by atoms with van der Waals surface area (Å²) < 4.78 is 14.8. The number of aromatic nitrogens is 2. The van der Waals surface area contributed by atoms with E-state index >= 15 is 0 Å². The molecule has 2 rings (SSSR count). The first-order chi connectivity index (χ1) is 8.90. The van der Waals surface area contributed by atoms with Crippen LogP contribution in [0.5, 0.6) is 0 Å². The van der Waals surface area contributed by atoms with Crippen molar-refractivity contribution < 1.29 is 9.18 Å². The monoisotopic (exact) mass is 326 g/mol. The molecule has 0 aliphatic rings. The molecular formula is C12H12BrFN4O.